The molecule has 1 N–H and O–H groups in total. The van der Waals surface area contributed by atoms with Gasteiger partial charge in [-0.2, -0.15) is 13.2 Å². The maximum absolute atomic E-state index is 12.6. The minimum atomic E-state index is -4.38. The summed E-state index contributed by atoms with van der Waals surface area (Å²) >= 11 is 0. The van der Waals surface area contributed by atoms with Gasteiger partial charge in [0, 0.05) is 11.1 Å². The minimum absolute atomic E-state index is 0.200. The highest BCUT2D eigenvalue weighted by Gasteiger charge is 2.30. The Balaban J connectivity index is 2.44. The standard InChI is InChI=1S/C13H11F3O2/c1-8-10(7-17)6-12(18-8)9-3-2-4-11(5-9)13(14,15)16/h2-6,17H,7H2,1H3. The Hall–Kier alpha value is -1.75. The van der Waals surface area contributed by atoms with E-state index in [9.17, 15) is 13.2 Å². The van der Waals surface area contributed by atoms with E-state index in [4.69, 9.17) is 9.52 Å². The lowest BCUT2D eigenvalue weighted by Gasteiger charge is -2.07. The molecule has 0 unspecified atom stereocenters. The van der Waals surface area contributed by atoms with E-state index in [1.165, 1.54) is 12.1 Å². The summed E-state index contributed by atoms with van der Waals surface area (Å²) < 4.78 is 43.0. The molecule has 1 aromatic carbocycles. The van der Waals surface area contributed by atoms with Gasteiger partial charge in [-0.15, -0.1) is 0 Å². The first kappa shape index (κ1) is 12.7. The minimum Gasteiger partial charge on any atom is -0.461 e. The molecule has 0 amide bonds. The van der Waals surface area contributed by atoms with E-state index < -0.39 is 11.7 Å². The van der Waals surface area contributed by atoms with Gasteiger partial charge >= 0.3 is 6.18 Å². The third-order valence-electron chi connectivity index (χ3n) is 2.67. The molecule has 2 aromatic rings. The Kier molecular flexibility index (Phi) is 3.17. The van der Waals surface area contributed by atoms with E-state index in [0.717, 1.165) is 12.1 Å². The second-order valence-corrected chi connectivity index (χ2v) is 3.93. The predicted octanol–water partition coefficient (Wildman–Crippen LogP) is 3.77. The molecule has 2 nitrogen and oxygen atoms in total. The number of hydrogen-bond acceptors (Lipinski definition) is 2. The van der Waals surface area contributed by atoms with Crippen LogP contribution in [0, 0.1) is 6.92 Å². The maximum atomic E-state index is 12.6. The highest BCUT2D eigenvalue weighted by atomic mass is 19.4. The second kappa shape index (κ2) is 4.49. The zero-order chi connectivity index (χ0) is 13.3. The Morgan fingerprint density at radius 2 is 1.94 bits per heavy atom. The van der Waals surface area contributed by atoms with E-state index in [2.05, 4.69) is 0 Å². The summed E-state index contributed by atoms with van der Waals surface area (Å²) in [4.78, 5) is 0. The maximum Gasteiger partial charge on any atom is 0.416 e. The van der Waals surface area contributed by atoms with Crippen LogP contribution in [0.5, 0.6) is 0 Å². The van der Waals surface area contributed by atoms with Crippen molar-refractivity contribution in [2.24, 2.45) is 0 Å². The van der Waals surface area contributed by atoms with Gasteiger partial charge in [0.1, 0.15) is 11.5 Å². The summed E-state index contributed by atoms with van der Waals surface area (Å²) in [7, 11) is 0. The third-order valence-corrected chi connectivity index (χ3v) is 2.67. The lowest BCUT2D eigenvalue weighted by Crippen LogP contribution is -2.04. The number of halogens is 3. The van der Waals surface area contributed by atoms with Crippen LogP contribution < -0.4 is 0 Å². The number of aliphatic hydroxyl groups excluding tert-OH is 1. The van der Waals surface area contributed by atoms with Crippen LogP contribution in [0.3, 0.4) is 0 Å². The number of alkyl halides is 3. The van der Waals surface area contributed by atoms with E-state index in [-0.39, 0.29) is 6.61 Å². The average Bonchev–Trinajstić information content (AvgIpc) is 2.70. The van der Waals surface area contributed by atoms with Crippen molar-refractivity contribution >= 4 is 0 Å². The topological polar surface area (TPSA) is 33.4 Å². The highest BCUT2D eigenvalue weighted by molar-refractivity contribution is 5.60. The first-order valence-corrected chi connectivity index (χ1v) is 5.29. The number of rotatable bonds is 2. The number of aryl methyl sites for hydroxylation is 1. The molecule has 18 heavy (non-hydrogen) atoms. The summed E-state index contributed by atoms with van der Waals surface area (Å²) in [6, 6.07) is 6.44. The summed E-state index contributed by atoms with van der Waals surface area (Å²) in [6.45, 7) is 1.46. The Morgan fingerprint density at radius 3 is 2.50 bits per heavy atom. The molecule has 0 saturated heterocycles. The molecular weight excluding hydrogens is 245 g/mol. The van der Waals surface area contributed by atoms with E-state index in [1.54, 1.807) is 13.0 Å². The third kappa shape index (κ3) is 2.41. The summed E-state index contributed by atoms with van der Waals surface area (Å²) in [5, 5.41) is 9.02. The van der Waals surface area contributed by atoms with Crippen LogP contribution in [-0.4, -0.2) is 5.11 Å². The molecule has 0 atom stereocenters. The summed E-state index contributed by atoms with van der Waals surface area (Å²) in [5.41, 5.74) is 0.189. The van der Waals surface area contributed by atoms with Crippen LogP contribution in [0.4, 0.5) is 13.2 Å². The summed E-state index contributed by atoms with van der Waals surface area (Å²) in [5.74, 6) is 0.826. The van der Waals surface area contributed by atoms with Gasteiger partial charge in [0.05, 0.1) is 12.2 Å². The smallest absolute Gasteiger partial charge is 0.416 e. The lowest BCUT2D eigenvalue weighted by atomic mass is 10.1. The molecule has 0 aliphatic carbocycles. The molecule has 0 bridgehead atoms. The van der Waals surface area contributed by atoms with Crippen LogP contribution in [0.15, 0.2) is 34.7 Å². The van der Waals surface area contributed by atoms with Gasteiger partial charge in [0.2, 0.25) is 0 Å². The van der Waals surface area contributed by atoms with Crippen molar-refractivity contribution in [3.63, 3.8) is 0 Å². The van der Waals surface area contributed by atoms with Crippen LogP contribution in [0.1, 0.15) is 16.9 Å². The number of aliphatic hydroxyl groups is 1. The van der Waals surface area contributed by atoms with Crippen molar-refractivity contribution in [3.05, 3.63) is 47.2 Å². The van der Waals surface area contributed by atoms with Crippen LogP contribution in [0.2, 0.25) is 0 Å². The molecular formula is C13H11F3O2. The van der Waals surface area contributed by atoms with Gasteiger partial charge in [-0.3, -0.25) is 0 Å². The molecule has 0 fully saturated rings. The first-order chi connectivity index (χ1) is 8.41. The molecule has 0 saturated carbocycles. The van der Waals surface area contributed by atoms with Gasteiger partial charge in [0.25, 0.3) is 0 Å². The Bertz CT molecular complexity index is 556. The van der Waals surface area contributed by atoms with Crippen molar-refractivity contribution in [3.8, 4) is 11.3 Å². The second-order valence-electron chi connectivity index (χ2n) is 3.93. The molecule has 5 heteroatoms. The molecule has 0 radical (unpaired) electrons. The van der Waals surface area contributed by atoms with Crippen molar-refractivity contribution in [2.45, 2.75) is 19.7 Å². The van der Waals surface area contributed by atoms with Gasteiger partial charge in [-0.05, 0) is 25.1 Å². The zero-order valence-corrected chi connectivity index (χ0v) is 9.58. The number of furan rings is 1. The van der Waals surface area contributed by atoms with E-state index in [1.807, 2.05) is 0 Å². The molecule has 96 valence electrons. The molecule has 0 spiro atoms. The van der Waals surface area contributed by atoms with Crippen molar-refractivity contribution in [1.29, 1.82) is 0 Å². The molecule has 2 rings (SSSR count). The van der Waals surface area contributed by atoms with Crippen LogP contribution in [-0.2, 0) is 12.8 Å². The van der Waals surface area contributed by atoms with Gasteiger partial charge in [-0.1, -0.05) is 12.1 Å². The lowest BCUT2D eigenvalue weighted by molar-refractivity contribution is -0.137. The summed E-state index contributed by atoms with van der Waals surface area (Å²) in [6.07, 6.45) is -4.38. The highest BCUT2D eigenvalue weighted by Crippen LogP contribution is 2.33. The average molecular weight is 256 g/mol. The van der Waals surface area contributed by atoms with Crippen LogP contribution in [0.25, 0.3) is 11.3 Å². The Morgan fingerprint density at radius 1 is 1.22 bits per heavy atom. The largest absolute Gasteiger partial charge is 0.461 e. The van der Waals surface area contributed by atoms with Crippen LogP contribution >= 0.6 is 0 Å². The quantitative estimate of drug-likeness (QED) is 0.887. The molecule has 0 aliphatic heterocycles. The fourth-order valence-corrected chi connectivity index (χ4v) is 1.67. The van der Waals surface area contributed by atoms with Gasteiger partial charge < -0.3 is 9.52 Å². The molecule has 1 aromatic heterocycles. The van der Waals surface area contributed by atoms with Crippen molar-refractivity contribution in [2.75, 3.05) is 0 Å². The van der Waals surface area contributed by atoms with E-state index in [0.29, 0.717) is 22.6 Å². The number of hydrogen-bond donors (Lipinski definition) is 1. The van der Waals surface area contributed by atoms with E-state index >= 15 is 0 Å². The monoisotopic (exact) mass is 256 g/mol. The predicted molar refractivity (Wildman–Crippen MR) is 59.8 cm³/mol. The van der Waals surface area contributed by atoms with Gasteiger partial charge in [-0.25, -0.2) is 0 Å². The molecule has 0 aliphatic rings. The van der Waals surface area contributed by atoms with Gasteiger partial charge in [0.15, 0.2) is 0 Å². The van der Waals surface area contributed by atoms with Crippen molar-refractivity contribution < 1.29 is 22.7 Å². The zero-order valence-electron chi connectivity index (χ0n) is 9.58. The number of benzene rings is 1. The van der Waals surface area contributed by atoms with Crippen molar-refractivity contribution in [1.82, 2.24) is 0 Å². The Labute approximate surface area is 102 Å². The SMILES string of the molecule is Cc1oc(-c2cccc(C(F)(F)F)c2)cc1CO. The molecule has 1 heterocycles. The normalized spacial score (nSPS) is 11.8. The first-order valence-electron chi connectivity index (χ1n) is 5.29. The fourth-order valence-electron chi connectivity index (χ4n) is 1.67. The fraction of sp³-hybridized carbons (Fsp3) is 0.231.